The van der Waals surface area contributed by atoms with Crippen molar-refractivity contribution in [2.24, 2.45) is 0 Å². The van der Waals surface area contributed by atoms with E-state index in [9.17, 15) is 13.6 Å². The van der Waals surface area contributed by atoms with Crippen molar-refractivity contribution >= 4 is 17.5 Å². The van der Waals surface area contributed by atoms with E-state index in [1.54, 1.807) is 0 Å². The van der Waals surface area contributed by atoms with Crippen molar-refractivity contribution in [3.63, 3.8) is 0 Å². The van der Waals surface area contributed by atoms with Crippen LogP contribution in [0.1, 0.15) is 11.4 Å². The number of nitrogens with zero attached hydrogens (tertiary/aromatic N) is 3. The summed E-state index contributed by atoms with van der Waals surface area (Å²) in [7, 11) is 0. The zero-order chi connectivity index (χ0) is 19.9. The van der Waals surface area contributed by atoms with Crippen molar-refractivity contribution in [3.05, 3.63) is 47.3 Å². The molecule has 0 spiro atoms. The summed E-state index contributed by atoms with van der Waals surface area (Å²) in [5, 5.41) is 5.86. The van der Waals surface area contributed by atoms with E-state index in [1.165, 1.54) is 6.07 Å². The van der Waals surface area contributed by atoms with Gasteiger partial charge in [0.1, 0.15) is 29.1 Å². The topological polar surface area (TPSA) is 79.4 Å². The number of hydrogen-bond acceptors (Lipinski definition) is 6. The van der Waals surface area contributed by atoms with Gasteiger partial charge in [-0.2, -0.15) is 0 Å². The molecule has 1 aromatic heterocycles. The molecule has 1 aromatic carbocycles. The molecule has 1 amide bonds. The highest BCUT2D eigenvalue weighted by molar-refractivity contribution is 5.78. The predicted molar refractivity (Wildman–Crippen MR) is 101 cm³/mol. The maximum atomic E-state index is 13.6. The van der Waals surface area contributed by atoms with Gasteiger partial charge < -0.3 is 20.3 Å². The third kappa shape index (κ3) is 5.59. The number of benzene rings is 1. The summed E-state index contributed by atoms with van der Waals surface area (Å²) in [6.45, 7) is 5.54. The van der Waals surface area contributed by atoms with Crippen LogP contribution in [-0.2, 0) is 16.0 Å². The molecule has 2 N–H and O–H groups in total. The number of aryl methyl sites for hydroxylation is 1. The largest absolute Gasteiger partial charge is 0.378 e. The first-order valence-electron chi connectivity index (χ1n) is 9.14. The van der Waals surface area contributed by atoms with Gasteiger partial charge in [-0.1, -0.05) is 6.07 Å². The van der Waals surface area contributed by atoms with E-state index in [1.807, 2.05) is 13.0 Å². The van der Waals surface area contributed by atoms with Gasteiger partial charge in [0.25, 0.3) is 0 Å². The standard InChI is InChI=1S/C19H23F2N5O2/c1-13-24-17(12-18(25-13)26-6-8-28-9-7-26)22-4-5-23-19(27)10-14-2-3-15(20)11-16(14)21/h2-3,11-12H,4-10H2,1H3,(H,23,27)(H,22,24,25). The van der Waals surface area contributed by atoms with Crippen molar-refractivity contribution in [1.82, 2.24) is 15.3 Å². The summed E-state index contributed by atoms with van der Waals surface area (Å²) in [5.41, 5.74) is 0.161. The number of nitrogens with one attached hydrogen (secondary N) is 2. The molecule has 2 aromatic rings. The van der Waals surface area contributed by atoms with Crippen LogP contribution in [0.25, 0.3) is 0 Å². The average Bonchev–Trinajstić information content (AvgIpc) is 2.68. The molecule has 3 rings (SSSR count). The molecule has 0 radical (unpaired) electrons. The first-order chi connectivity index (χ1) is 13.5. The number of carbonyl (C=O) groups is 1. The van der Waals surface area contributed by atoms with Crippen LogP contribution in [0.3, 0.4) is 0 Å². The van der Waals surface area contributed by atoms with Crippen LogP contribution in [0.15, 0.2) is 24.3 Å². The lowest BCUT2D eigenvalue weighted by atomic mass is 10.1. The normalized spacial score (nSPS) is 14.0. The van der Waals surface area contributed by atoms with Crippen molar-refractivity contribution in [2.75, 3.05) is 49.6 Å². The lowest BCUT2D eigenvalue weighted by Gasteiger charge is -2.28. The fourth-order valence-corrected chi connectivity index (χ4v) is 2.89. The van der Waals surface area contributed by atoms with E-state index in [0.717, 1.165) is 31.0 Å². The molecule has 0 atom stereocenters. The zero-order valence-electron chi connectivity index (χ0n) is 15.7. The van der Waals surface area contributed by atoms with Crippen molar-refractivity contribution in [2.45, 2.75) is 13.3 Å². The van der Waals surface area contributed by atoms with Gasteiger partial charge in [-0.25, -0.2) is 18.7 Å². The highest BCUT2D eigenvalue weighted by atomic mass is 19.1. The number of anilines is 2. The van der Waals surface area contributed by atoms with Gasteiger partial charge in [0, 0.05) is 38.3 Å². The Labute approximate surface area is 162 Å². The molecule has 150 valence electrons. The molecule has 1 saturated heterocycles. The molecular formula is C19H23F2N5O2. The number of amides is 1. The third-order valence-electron chi connectivity index (χ3n) is 4.28. The Morgan fingerprint density at radius 3 is 2.71 bits per heavy atom. The molecule has 1 aliphatic heterocycles. The van der Waals surface area contributed by atoms with Gasteiger partial charge in [-0.15, -0.1) is 0 Å². The van der Waals surface area contributed by atoms with Crippen molar-refractivity contribution in [3.8, 4) is 0 Å². The van der Waals surface area contributed by atoms with Crippen molar-refractivity contribution in [1.29, 1.82) is 0 Å². The molecule has 28 heavy (non-hydrogen) atoms. The highest BCUT2D eigenvalue weighted by Crippen LogP contribution is 2.17. The van der Waals surface area contributed by atoms with Gasteiger partial charge in [0.15, 0.2) is 0 Å². The van der Waals surface area contributed by atoms with Crippen molar-refractivity contribution < 1.29 is 18.3 Å². The first-order valence-corrected chi connectivity index (χ1v) is 9.14. The Bertz CT molecular complexity index is 828. The molecule has 7 nitrogen and oxygen atoms in total. The Hall–Kier alpha value is -2.81. The zero-order valence-corrected chi connectivity index (χ0v) is 15.7. The fourth-order valence-electron chi connectivity index (χ4n) is 2.89. The van der Waals surface area contributed by atoms with E-state index in [-0.39, 0.29) is 17.9 Å². The lowest BCUT2D eigenvalue weighted by Crippen LogP contribution is -2.37. The van der Waals surface area contributed by atoms with Gasteiger partial charge in [0.05, 0.1) is 19.6 Å². The van der Waals surface area contributed by atoms with Gasteiger partial charge in [-0.05, 0) is 18.6 Å². The van der Waals surface area contributed by atoms with E-state index in [0.29, 0.717) is 37.9 Å². The minimum atomic E-state index is -0.722. The Balaban J connectivity index is 1.47. The number of rotatable bonds is 7. The summed E-state index contributed by atoms with van der Waals surface area (Å²) < 4.78 is 31.8. The van der Waals surface area contributed by atoms with Crippen LogP contribution in [0.5, 0.6) is 0 Å². The number of hydrogen-bond donors (Lipinski definition) is 2. The van der Waals surface area contributed by atoms with E-state index < -0.39 is 11.6 Å². The van der Waals surface area contributed by atoms with Crippen LogP contribution in [0.4, 0.5) is 20.4 Å². The highest BCUT2D eigenvalue weighted by Gasteiger charge is 2.14. The second-order valence-electron chi connectivity index (χ2n) is 6.45. The monoisotopic (exact) mass is 391 g/mol. The molecule has 1 fully saturated rings. The maximum Gasteiger partial charge on any atom is 0.224 e. The van der Waals surface area contributed by atoms with E-state index in [4.69, 9.17) is 4.74 Å². The molecular weight excluding hydrogens is 368 g/mol. The average molecular weight is 391 g/mol. The van der Waals surface area contributed by atoms with E-state index in [2.05, 4.69) is 25.5 Å². The quantitative estimate of drug-likeness (QED) is 0.699. The molecule has 0 unspecified atom stereocenters. The molecule has 1 aliphatic rings. The van der Waals surface area contributed by atoms with E-state index >= 15 is 0 Å². The van der Waals surface area contributed by atoms with Crippen LogP contribution in [0.2, 0.25) is 0 Å². The van der Waals surface area contributed by atoms with Crippen LogP contribution in [0, 0.1) is 18.6 Å². The minimum absolute atomic E-state index is 0.139. The number of ether oxygens (including phenoxy) is 1. The second-order valence-corrected chi connectivity index (χ2v) is 6.45. The summed E-state index contributed by atoms with van der Waals surface area (Å²) in [5.74, 6) is 0.451. The molecule has 0 saturated carbocycles. The summed E-state index contributed by atoms with van der Waals surface area (Å²) in [4.78, 5) is 22.9. The van der Waals surface area contributed by atoms with Crippen LogP contribution < -0.4 is 15.5 Å². The smallest absolute Gasteiger partial charge is 0.224 e. The number of morpholine rings is 1. The number of aromatic nitrogens is 2. The number of carbonyl (C=O) groups excluding carboxylic acids is 1. The Morgan fingerprint density at radius 2 is 1.96 bits per heavy atom. The summed E-state index contributed by atoms with van der Waals surface area (Å²) in [6.07, 6.45) is -0.139. The minimum Gasteiger partial charge on any atom is -0.378 e. The van der Waals surface area contributed by atoms with Gasteiger partial charge in [0.2, 0.25) is 5.91 Å². The second kappa shape index (κ2) is 9.41. The van der Waals surface area contributed by atoms with Crippen LogP contribution in [-0.4, -0.2) is 55.3 Å². The molecule has 9 heteroatoms. The SMILES string of the molecule is Cc1nc(NCCNC(=O)Cc2ccc(F)cc2F)cc(N2CCOCC2)n1. The summed E-state index contributed by atoms with van der Waals surface area (Å²) >= 11 is 0. The third-order valence-corrected chi connectivity index (χ3v) is 4.28. The lowest BCUT2D eigenvalue weighted by molar-refractivity contribution is -0.120. The predicted octanol–water partition coefficient (Wildman–Crippen LogP) is 1.67. The number of halogens is 2. The summed E-state index contributed by atoms with van der Waals surface area (Å²) in [6, 6.07) is 5.05. The van der Waals surface area contributed by atoms with Gasteiger partial charge >= 0.3 is 0 Å². The first kappa shape index (κ1) is 19.9. The molecule has 2 heterocycles. The Morgan fingerprint density at radius 1 is 1.18 bits per heavy atom. The fraction of sp³-hybridized carbons (Fsp3) is 0.421. The van der Waals surface area contributed by atoms with Gasteiger partial charge in [-0.3, -0.25) is 4.79 Å². The molecule has 0 bridgehead atoms. The van der Waals surface area contributed by atoms with Crippen LogP contribution >= 0.6 is 0 Å². The molecule has 0 aliphatic carbocycles. The Kier molecular flexibility index (Phi) is 6.70. The maximum absolute atomic E-state index is 13.6.